The van der Waals surface area contributed by atoms with E-state index in [1.165, 1.54) is 6.26 Å². The van der Waals surface area contributed by atoms with Gasteiger partial charge in [-0.05, 0) is 24.3 Å². The van der Waals surface area contributed by atoms with Crippen molar-refractivity contribution < 1.29 is 18.7 Å². The number of carbonyl (C=O) groups excluding carboxylic acids is 2. The maximum atomic E-state index is 12.3. The van der Waals surface area contributed by atoms with Gasteiger partial charge in [0.1, 0.15) is 5.75 Å². The molecular weight excluding hydrogens is 334 g/mol. The van der Waals surface area contributed by atoms with Crippen LogP contribution in [-0.2, 0) is 0 Å². The maximum Gasteiger partial charge on any atom is 0.289 e. The van der Waals surface area contributed by atoms with E-state index in [1.54, 1.807) is 36.3 Å². The largest absolute Gasteiger partial charge is 0.496 e. The predicted molar refractivity (Wildman–Crippen MR) is 96.4 cm³/mol. The quantitative estimate of drug-likeness (QED) is 0.848. The first kappa shape index (κ1) is 18.0. The first-order valence-electron chi connectivity index (χ1n) is 8.65. The number of carbonyl (C=O) groups is 2. The summed E-state index contributed by atoms with van der Waals surface area (Å²) in [5, 5.41) is 2.92. The summed E-state index contributed by atoms with van der Waals surface area (Å²) in [5.41, 5.74) is 0.531. The van der Waals surface area contributed by atoms with Gasteiger partial charge in [0.2, 0.25) is 0 Å². The molecule has 138 valence electrons. The van der Waals surface area contributed by atoms with Crippen molar-refractivity contribution in [3.05, 3.63) is 54.0 Å². The lowest BCUT2D eigenvalue weighted by atomic mass is 10.2. The lowest BCUT2D eigenvalue weighted by Gasteiger charge is -2.34. The molecule has 1 aliphatic heterocycles. The van der Waals surface area contributed by atoms with Crippen LogP contribution in [0.2, 0.25) is 0 Å². The molecule has 0 aliphatic carbocycles. The predicted octanol–water partition coefficient (Wildman–Crippen LogP) is 1.48. The number of hydrogen-bond acceptors (Lipinski definition) is 5. The molecular formula is C19H23N3O4. The van der Waals surface area contributed by atoms with Gasteiger partial charge in [-0.2, -0.15) is 0 Å². The molecule has 26 heavy (non-hydrogen) atoms. The molecule has 1 aromatic heterocycles. The van der Waals surface area contributed by atoms with E-state index in [0.29, 0.717) is 36.7 Å². The van der Waals surface area contributed by atoms with Crippen molar-refractivity contribution in [1.29, 1.82) is 0 Å². The summed E-state index contributed by atoms with van der Waals surface area (Å²) in [6.07, 6.45) is 1.51. The van der Waals surface area contributed by atoms with E-state index >= 15 is 0 Å². The van der Waals surface area contributed by atoms with Gasteiger partial charge in [0.05, 0.1) is 18.9 Å². The number of nitrogens with one attached hydrogen (secondary N) is 1. The minimum atomic E-state index is -0.144. The molecule has 0 radical (unpaired) electrons. The van der Waals surface area contributed by atoms with Crippen LogP contribution in [0.25, 0.3) is 0 Å². The number of rotatable bonds is 6. The van der Waals surface area contributed by atoms with E-state index in [-0.39, 0.29) is 11.8 Å². The van der Waals surface area contributed by atoms with Gasteiger partial charge in [-0.1, -0.05) is 12.1 Å². The monoisotopic (exact) mass is 357 g/mol. The molecule has 1 aromatic carbocycles. The topological polar surface area (TPSA) is 75.0 Å². The van der Waals surface area contributed by atoms with E-state index in [9.17, 15) is 9.59 Å². The molecule has 0 unspecified atom stereocenters. The van der Waals surface area contributed by atoms with Gasteiger partial charge in [-0.15, -0.1) is 0 Å². The molecule has 2 aromatic rings. The summed E-state index contributed by atoms with van der Waals surface area (Å²) >= 11 is 0. The Morgan fingerprint density at radius 2 is 1.88 bits per heavy atom. The third-order valence-corrected chi connectivity index (χ3v) is 4.46. The van der Waals surface area contributed by atoms with Crippen molar-refractivity contribution >= 4 is 11.8 Å². The minimum absolute atomic E-state index is 0.0703. The van der Waals surface area contributed by atoms with Gasteiger partial charge < -0.3 is 19.4 Å². The Morgan fingerprint density at radius 1 is 1.12 bits per heavy atom. The highest BCUT2D eigenvalue weighted by Crippen LogP contribution is 2.16. The zero-order valence-corrected chi connectivity index (χ0v) is 14.8. The summed E-state index contributed by atoms with van der Waals surface area (Å²) in [4.78, 5) is 28.5. The number of methoxy groups -OCH3 is 1. The number of piperazine rings is 1. The minimum Gasteiger partial charge on any atom is -0.496 e. The Kier molecular flexibility index (Phi) is 5.91. The Bertz CT molecular complexity index is 737. The zero-order valence-electron chi connectivity index (χ0n) is 14.8. The normalized spacial score (nSPS) is 14.9. The number of benzene rings is 1. The van der Waals surface area contributed by atoms with Crippen LogP contribution in [0.3, 0.4) is 0 Å². The molecule has 3 rings (SSSR count). The molecule has 0 saturated carbocycles. The van der Waals surface area contributed by atoms with Crippen LogP contribution in [-0.4, -0.2) is 68.0 Å². The molecule has 7 nitrogen and oxygen atoms in total. The molecule has 1 saturated heterocycles. The third kappa shape index (κ3) is 4.23. The average Bonchev–Trinajstić information content (AvgIpc) is 3.22. The van der Waals surface area contributed by atoms with Crippen molar-refractivity contribution in [3.63, 3.8) is 0 Å². The van der Waals surface area contributed by atoms with Gasteiger partial charge >= 0.3 is 0 Å². The van der Waals surface area contributed by atoms with Crippen LogP contribution >= 0.6 is 0 Å². The fourth-order valence-corrected chi connectivity index (χ4v) is 2.99. The summed E-state index contributed by atoms with van der Waals surface area (Å²) < 4.78 is 10.4. The smallest absolute Gasteiger partial charge is 0.289 e. The maximum absolute atomic E-state index is 12.3. The van der Waals surface area contributed by atoms with Crippen LogP contribution in [0, 0.1) is 0 Å². The zero-order chi connectivity index (χ0) is 18.4. The highest BCUT2D eigenvalue weighted by atomic mass is 16.5. The van der Waals surface area contributed by atoms with Crippen molar-refractivity contribution in [2.24, 2.45) is 0 Å². The number of amides is 2. The second-order valence-electron chi connectivity index (χ2n) is 6.07. The van der Waals surface area contributed by atoms with Crippen LogP contribution in [0.5, 0.6) is 5.75 Å². The van der Waals surface area contributed by atoms with Crippen molar-refractivity contribution in [1.82, 2.24) is 15.1 Å². The highest BCUT2D eigenvalue weighted by molar-refractivity contribution is 5.96. The van der Waals surface area contributed by atoms with E-state index in [1.807, 2.05) is 12.1 Å². The molecule has 7 heteroatoms. The van der Waals surface area contributed by atoms with E-state index in [2.05, 4.69) is 10.2 Å². The molecule has 0 spiro atoms. The van der Waals surface area contributed by atoms with Gasteiger partial charge in [-0.3, -0.25) is 14.5 Å². The van der Waals surface area contributed by atoms with Gasteiger partial charge in [0, 0.05) is 39.3 Å². The van der Waals surface area contributed by atoms with E-state index < -0.39 is 0 Å². The fraction of sp³-hybridized carbons (Fsp3) is 0.368. The van der Waals surface area contributed by atoms with Crippen molar-refractivity contribution in [2.45, 2.75) is 0 Å². The lowest BCUT2D eigenvalue weighted by molar-refractivity contribution is 0.0607. The molecule has 1 N–H and O–H groups in total. The molecule has 2 heterocycles. The van der Waals surface area contributed by atoms with Crippen LogP contribution in [0.4, 0.5) is 0 Å². The lowest BCUT2D eigenvalue weighted by Crippen LogP contribution is -2.50. The molecule has 0 atom stereocenters. The van der Waals surface area contributed by atoms with Crippen LogP contribution in [0.1, 0.15) is 20.9 Å². The standard InChI is InChI=1S/C19H23N3O4/c1-25-16-6-3-2-5-15(16)18(23)20-8-9-21-10-12-22(13-11-21)19(24)17-7-4-14-26-17/h2-7,14H,8-13H2,1H3,(H,20,23). The van der Waals surface area contributed by atoms with Gasteiger partial charge in [0.15, 0.2) is 5.76 Å². The number of hydrogen-bond donors (Lipinski definition) is 1. The average molecular weight is 357 g/mol. The summed E-state index contributed by atoms with van der Waals surface area (Å²) in [6, 6.07) is 10.6. The number of nitrogens with zero attached hydrogens (tertiary/aromatic N) is 2. The first-order valence-corrected chi connectivity index (χ1v) is 8.65. The van der Waals surface area contributed by atoms with E-state index in [0.717, 1.165) is 19.6 Å². The van der Waals surface area contributed by atoms with Crippen LogP contribution in [0.15, 0.2) is 47.1 Å². The van der Waals surface area contributed by atoms with Crippen LogP contribution < -0.4 is 10.1 Å². The third-order valence-electron chi connectivity index (χ3n) is 4.46. The fourth-order valence-electron chi connectivity index (χ4n) is 2.99. The first-order chi connectivity index (χ1) is 12.7. The van der Waals surface area contributed by atoms with Gasteiger partial charge in [-0.25, -0.2) is 0 Å². The highest BCUT2D eigenvalue weighted by Gasteiger charge is 2.23. The Labute approximate surface area is 152 Å². The summed E-state index contributed by atoms with van der Waals surface area (Å²) in [6.45, 7) is 4.14. The number of ether oxygens (including phenoxy) is 1. The van der Waals surface area contributed by atoms with E-state index in [4.69, 9.17) is 9.15 Å². The molecule has 2 amide bonds. The number of furan rings is 1. The van der Waals surface area contributed by atoms with Crippen molar-refractivity contribution in [2.75, 3.05) is 46.4 Å². The Morgan fingerprint density at radius 3 is 2.58 bits per heavy atom. The Balaban J connectivity index is 1.41. The molecule has 0 bridgehead atoms. The van der Waals surface area contributed by atoms with Crippen molar-refractivity contribution in [3.8, 4) is 5.75 Å². The summed E-state index contributed by atoms with van der Waals surface area (Å²) in [5.74, 6) is 0.728. The summed E-state index contributed by atoms with van der Waals surface area (Å²) in [7, 11) is 1.55. The SMILES string of the molecule is COc1ccccc1C(=O)NCCN1CCN(C(=O)c2ccco2)CC1. The second kappa shape index (κ2) is 8.53. The number of para-hydroxylation sites is 1. The molecule has 1 fully saturated rings. The molecule has 1 aliphatic rings. The second-order valence-corrected chi connectivity index (χ2v) is 6.07. The Hall–Kier alpha value is -2.80. The van der Waals surface area contributed by atoms with Gasteiger partial charge in [0.25, 0.3) is 11.8 Å².